The predicted molar refractivity (Wildman–Crippen MR) is 80.9 cm³/mol. The van der Waals surface area contributed by atoms with Crippen molar-refractivity contribution in [2.24, 2.45) is 0 Å². The van der Waals surface area contributed by atoms with E-state index in [4.69, 9.17) is 10.00 Å². The van der Waals surface area contributed by atoms with E-state index in [1.54, 1.807) is 0 Å². The first-order chi connectivity index (χ1) is 9.72. The molecule has 0 atom stereocenters. The van der Waals surface area contributed by atoms with Gasteiger partial charge in [-0.3, -0.25) is 5.32 Å². The van der Waals surface area contributed by atoms with Gasteiger partial charge in [0, 0.05) is 5.69 Å². The maximum absolute atomic E-state index is 8.54. The highest BCUT2D eigenvalue weighted by molar-refractivity contribution is 5.50. The molecule has 0 aliphatic carbocycles. The van der Waals surface area contributed by atoms with Gasteiger partial charge in [0.25, 0.3) is 0 Å². The van der Waals surface area contributed by atoms with Crippen molar-refractivity contribution in [1.29, 1.82) is 5.26 Å². The molecule has 0 aromatic heterocycles. The molecule has 0 bridgehead atoms. The maximum Gasteiger partial charge on any atom is 0.181 e. The van der Waals surface area contributed by atoms with E-state index in [-0.39, 0.29) is 0 Å². The second kappa shape index (κ2) is 6.63. The fraction of sp³-hybridized carbons (Fsp3) is 0.235. The molecule has 0 spiro atoms. The first-order valence-corrected chi connectivity index (χ1v) is 6.75. The Bertz CT molecular complexity index is 612. The summed E-state index contributed by atoms with van der Waals surface area (Å²) in [7, 11) is 0. The molecular weight excluding hydrogens is 248 g/mol. The first kappa shape index (κ1) is 14.0. The van der Waals surface area contributed by atoms with Gasteiger partial charge in [0.2, 0.25) is 0 Å². The van der Waals surface area contributed by atoms with E-state index in [9.17, 15) is 0 Å². The van der Waals surface area contributed by atoms with Crippen LogP contribution in [-0.4, -0.2) is 0 Å². The van der Waals surface area contributed by atoms with Gasteiger partial charge >= 0.3 is 0 Å². The van der Waals surface area contributed by atoms with Gasteiger partial charge in [-0.1, -0.05) is 25.5 Å². The molecule has 0 unspecified atom stereocenters. The zero-order valence-corrected chi connectivity index (χ0v) is 11.8. The Morgan fingerprint density at radius 1 is 1.15 bits per heavy atom. The van der Waals surface area contributed by atoms with Gasteiger partial charge < -0.3 is 4.74 Å². The minimum atomic E-state index is 0.759. The van der Waals surface area contributed by atoms with Crippen LogP contribution in [0.3, 0.4) is 0 Å². The summed E-state index contributed by atoms with van der Waals surface area (Å²) in [6.07, 6.45) is 4.13. The Kier molecular flexibility index (Phi) is 4.62. The standard InChI is InChI=1S/C17H18N2O/c1-3-4-14-5-10-17(13(2)11-14)20-16-8-6-15(7-9-16)19-12-18/h5-11,19H,3-4H2,1-2H3. The normalized spacial score (nSPS) is 9.85. The SMILES string of the molecule is CCCc1ccc(Oc2ccc(NC#N)cc2)c(C)c1. The summed E-state index contributed by atoms with van der Waals surface area (Å²) in [5.74, 6) is 1.63. The van der Waals surface area contributed by atoms with E-state index < -0.39 is 0 Å². The summed E-state index contributed by atoms with van der Waals surface area (Å²) in [6, 6.07) is 13.6. The largest absolute Gasteiger partial charge is 0.457 e. The molecule has 0 amide bonds. The Hall–Kier alpha value is -2.47. The van der Waals surface area contributed by atoms with Crippen LogP contribution in [0.1, 0.15) is 24.5 Å². The molecule has 0 aliphatic heterocycles. The first-order valence-electron chi connectivity index (χ1n) is 6.75. The summed E-state index contributed by atoms with van der Waals surface area (Å²) >= 11 is 0. The van der Waals surface area contributed by atoms with Crippen molar-refractivity contribution in [3.05, 3.63) is 53.6 Å². The smallest absolute Gasteiger partial charge is 0.181 e. The summed E-state index contributed by atoms with van der Waals surface area (Å²) in [5, 5.41) is 11.1. The van der Waals surface area contributed by atoms with E-state index in [1.807, 2.05) is 36.5 Å². The van der Waals surface area contributed by atoms with Gasteiger partial charge in [-0.15, -0.1) is 0 Å². The number of anilines is 1. The van der Waals surface area contributed by atoms with Crippen molar-refractivity contribution in [2.45, 2.75) is 26.7 Å². The van der Waals surface area contributed by atoms with Gasteiger partial charge in [-0.25, -0.2) is 0 Å². The van der Waals surface area contributed by atoms with Crippen LogP contribution in [0.15, 0.2) is 42.5 Å². The number of rotatable bonds is 5. The van der Waals surface area contributed by atoms with Gasteiger partial charge in [-0.2, -0.15) is 5.26 Å². The molecule has 0 radical (unpaired) electrons. The molecule has 3 heteroatoms. The number of hydrogen-bond acceptors (Lipinski definition) is 3. The average Bonchev–Trinajstić information content (AvgIpc) is 2.44. The Balaban J connectivity index is 2.11. The lowest BCUT2D eigenvalue weighted by Crippen LogP contribution is -1.91. The molecule has 0 fully saturated rings. The van der Waals surface area contributed by atoms with Crippen molar-refractivity contribution >= 4 is 5.69 Å². The number of aryl methyl sites for hydroxylation is 2. The Morgan fingerprint density at radius 3 is 2.50 bits per heavy atom. The zero-order valence-electron chi connectivity index (χ0n) is 11.8. The number of hydrogen-bond donors (Lipinski definition) is 1. The van der Waals surface area contributed by atoms with Crippen LogP contribution in [0.5, 0.6) is 11.5 Å². The average molecular weight is 266 g/mol. The van der Waals surface area contributed by atoms with E-state index in [1.165, 1.54) is 5.56 Å². The molecule has 0 saturated carbocycles. The second-order valence-electron chi connectivity index (χ2n) is 4.71. The van der Waals surface area contributed by atoms with Crippen LogP contribution >= 0.6 is 0 Å². The van der Waals surface area contributed by atoms with Crippen molar-refractivity contribution in [1.82, 2.24) is 0 Å². The molecule has 3 nitrogen and oxygen atoms in total. The topological polar surface area (TPSA) is 45.0 Å². The van der Waals surface area contributed by atoms with Crippen LogP contribution < -0.4 is 10.1 Å². The third kappa shape index (κ3) is 3.52. The Morgan fingerprint density at radius 2 is 1.90 bits per heavy atom. The number of ether oxygens (including phenoxy) is 1. The second-order valence-corrected chi connectivity index (χ2v) is 4.71. The number of benzene rings is 2. The molecule has 0 heterocycles. The minimum absolute atomic E-state index is 0.759. The van der Waals surface area contributed by atoms with Crippen LogP contribution in [0.2, 0.25) is 0 Å². The van der Waals surface area contributed by atoms with Crippen molar-refractivity contribution < 1.29 is 4.74 Å². The van der Waals surface area contributed by atoms with Crippen molar-refractivity contribution in [3.63, 3.8) is 0 Å². The van der Waals surface area contributed by atoms with E-state index in [0.29, 0.717) is 0 Å². The van der Waals surface area contributed by atoms with Crippen LogP contribution in [0, 0.1) is 18.4 Å². The highest BCUT2D eigenvalue weighted by Crippen LogP contribution is 2.27. The lowest BCUT2D eigenvalue weighted by atomic mass is 10.1. The summed E-state index contributed by atoms with van der Waals surface area (Å²) in [6.45, 7) is 4.23. The van der Waals surface area contributed by atoms with Crippen LogP contribution in [0.25, 0.3) is 0 Å². The van der Waals surface area contributed by atoms with Gasteiger partial charge in [-0.05, 0) is 54.8 Å². The van der Waals surface area contributed by atoms with E-state index in [2.05, 4.69) is 31.3 Å². The van der Waals surface area contributed by atoms with Crippen molar-refractivity contribution in [3.8, 4) is 17.7 Å². The zero-order chi connectivity index (χ0) is 14.4. The lowest BCUT2D eigenvalue weighted by molar-refractivity contribution is 0.478. The molecule has 102 valence electrons. The molecule has 0 saturated heterocycles. The summed E-state index contributed by atoms with van der Waals surface area (Å²) in [5.41, 5.74) is 3.23. The maximum atomic E-state index is 8.54. The Labute approximate surface area is 119 Å². The minimum Gasteiger partial charge on any atom is -0.457 e. The lowest BCUT2D eigenvalue weighted by Gasteiger charge is -2.10. The number of nitrogens with zero attached hydrogens (tertiary/aromatic N) is 1. The van der Waals surface area contributed by atoms with Crippen LogP contribution in [0.4, 0.5) is 5.69 Å². The molecule has 2 aromatic carbocycles. The van der Waals surface area contributed by atoms with Crippen molar-refractivity contribution in [2.75, 3.05) is 5.32 Å². The third-order valence-corrected chi connectivity index (χ3v) is 3.06. The third-order valence-electron chi connectivity index (χ3n) is 3.06. The predicted octanol–water partition coefficient (Wildman–Crippen LogP) is 4.63. The molecule has 2 aromatic rings. The van der Waals surface area contributed by atoms with E-state index >= 15 is 0 Å². The summed E-state index contributed by atoms with van der Waals surface area (Å²) in [4.78, 5) is 0. The van der Waals surface area contributed by atoms with E-state index in [0.717, 1.165) is 35.6 Å². The molecule has 1 N–H and O–H groups in total. The fourth-order valence-corrected chi connectivity index (χ4v) is 2.07. The number of nitrogens with one attached hydrogen (secondary N) is 1. The fourth-order valence-electron chi connectivity index (χ4n) is 2.07. The van der Waals surface area contributed by atoms with Crippen LogP contribution in [-0.2, 0) is 6.42 Å². The number of nitriles is 1. The van der Waals surface area contributed by atoms with Gasteiger partial charge in [0.05, 0.1) is 0 Å². The summed E-state index contributed by atoms with van der Waals surface area (Å²) < 4.78 is 5.86. The molecule has 20 heavy (non-hydrogen) atoms. The monoisotopic (exact) mass is 266 g/mol. The molecule has 0 aliphatic rings. The quantitative estimate of drug-likeness (QED) is 0.633. The highest BCUT2D eigenvalue weighted by atomic mass is 16.5. The van der Waals surface area contributed by atoms with Gasteiger partial charge in [0.1, 0.15) is 11.5 Å². The molecular formula is C17H18N2O. The molecule has 2 rings (SSSR count). The van der Waals surface area contributed by atoms with Gasteiger partial charge in [0.15, 0.2) is 6.19 Å². The highest BCUT2D eigenvalue weighted by Gasteiger charge is 2.03.